The van der Waals surface area contributed by atoms with E-state index in [1.54, 1.807) is 0 Å². The molecule has 6 rings (SSSR count). The van der Waals surface area contributed by atoms with E-state index in [9.17, 15) is 0 Å². The first kappa shape index (κ1) is 17.9. The van der Waals surface area contributed by atoms with Crippen molar-refractivity contribution in [1.29, 1.82) is 0 Å². The summed E-state index contributed by atoms with van der Waals surface area (Å²) in [5.41, 5.74) is 17.9. The Labute approximate surface area is 181 Å². The van der Waals surface area contributed by atoms with Crippen LogP contribution < -0.4 is 16.4 Å². The van der Waals surface area contributed by atoms with E-state index >= 15 is 0 Å². The van der Waals surface area contributed by atoms with E-state index in [4.69, 9.17) is 0 Å². The largest absolute Gasteiger partial charge is 0.139 e. The molecular formula is C27H23B3. The first-order chi connectivity index (χ1) is 14.4. The third kappa shape index (κ3) is 2.01. The van der Waals surface area contributed by atoms with Gasteiger partial charge in [0.2, 0.25) is 0 Å². The van der Waals surface area contributed by atoms with Crippen LogP contribution in [0.1, 0.15) is 33.4 Å². The molecule has 0 radical (unpaired) electrons. The Morgan fingerprint density at radius 1 is 0.533 bits per heavy atom. The fourth-order valence-corrected chi connectivity index (χ4v) is 5.82. The topological polar surface area (TPSA) is 0 Å². The number of benzene rings is 4. The van der Waals surface area contributed by atoms with Crippen LogP contribution in [0, 0.1) is 13.8 Å². The quantitative estimate of drug-likeness (QED) is 0.350. The van der Waals surface area contributed by atoms with Crippen LogP contribution in [0.15, 0.2) is 66.7 Å². The van der Waals surface area contributed by atoms with E-state index < -0.39 is 0 Å². The standard InChI is InChI=1S/C27H23B3/c1-14-9-18-17-5-3-4-6-21(17)27(23(18)10-15(14)2)22-8-7-16(28)11-19(22)20-12-25(29)26(30)13-24(20)27/h3-13H,28-30H2,1-2H3. The molecule has 4 aromatic carbocycles. The summed E-state index contributed by atoms with van der Waals surface area (Å²) in [6, 6.07) is 25.9. The maximum absolute atomic E-state index is 2.46. The zero-order valence-corrected chi connectivity index (χ0v) is 18.4. The van der Waals surface area contributed by atoms with Crippen LogP contribution in [0.5, 0.6) is 0 Å². The lowest BCUT2D eigenvalue weighted by molar-refractivity contribution is 0.793. The molecule has 30 heavy (non-hydrogen) atoms. The van der Waals surface area contributed by atoms with Crippen LogP contribution in [-0.2, 0) is 5.41 Å². The molecule has 0 aromatic heterocycles. The van der Waals surface area contributed by atoms with E-state index in [1.807, 2.05) is 0 Å². The van der Waals surface area contributed by atoms with Crippen molar-refractivity contribution >= 4 is 39.9 Å². The SMILES string of the molecule is Bc1ccc2c(c1)-c1cc(B)c(B)cc1C21c2ccccc2-c2cc(C)c(C)cc21. The Kier molecular flexibility index (Phi) is 3.47. The summed E-state index contributed by atoms with van der Waals surface area (Å²) in [6.07, 6.45) is 0. The number of fused-ring (bicyclic) bond motifs is 10. The molecular weight excluding hydrogens is 357 g/mol. The average molecular weight is 380 g/mol. The molecule has 1 spiro atoms. The Bertz CT molecular complexity index is 1400. The van der Waals surface area contributed by atoms with E-state index in [0.29, 0.717) is 0 Å². The Hall–Kier alpha value is -2.93. The molecule has 0 fully saturated rings. The van der Waals surface area contributed by atoms with Crippen molar-refractivity contribution in [2.75, 3.05) is 0 Å². The fourth-order valence-electron chi connectivity index (χ4n) is 5.82. The van der Waals surface area contributed by atoms with Gasteiger partial charge in [-0.2, -0.15) is 0 Å². The van der Waals surface area contributed by atoms with Gasteiger partial charge >= 0.3 is 0 Å². The molecule has 0 saturated carbocycles. The molecule has 0 heterocycles. The van der Waals surface area contributed by atoms with Crippen molar-refractivity contribution in [2.24, 2.45) is 0 Å². The van der Waals surface area contributed by atoms with Gasteiger partial charge in [0, 0.05) is 0 Å². The Balaban J connectivity index is 1.87. The molecule has 140 valence electrons. The van der Waals surface area contributed by atoms with Gasteiger partial charge in [0.1, 0.15) is 23.5 Å². The highest BCUT2D eigenvalue weighted by molar-refractivity contribution is 6.49. The minimum atomic E-state index is -0.221. The van der Waals surface area contributed by atoms with Crippen LogP contribution in [0.2, 0.25) is 0 Å². The lowest BCUT2D eigenvalue weighted by Gasteiger charge is -2.31. The number of hydrogen-bond donors (Lipinski definition) is 0. The summed E-state index contributed by atoms with van der Waals surface area (Å²) in [4.78, 5) is 0. The molecule has 0 aliphatic heterocycles. The predicted molar refractivity (Wildman–Crippen MR) is 137 cm³/mol. The summed E-state index contributed by atoms with van der Waals surface area (Å²) in [7, 11) is 6.69. The van der Waals surface area contributed by atoms with Crippen molar-refractivity contribution in [3.8, 4) is 22.3 Å². The van der Waals surface area contributed by atoms with Crippen molar-refractivity contribution in [3.05, 3.63) is 100 Å². The van der Waals surface area contributed by atoms with E-state index in [0.717, 1.165) is 0 Å². The van der Waals surface area contributed by atoms with Crippen LogP contribution in [0.25, 0.3) is 22.3 Å². The highest BCUT2D eigenvalue weighted by Gasteiger charge is 2.51. The van der Waals surface area contributed by atoms with Gasteiger partial charge in [-0.3, -0.25) is 0 Å². The Morgan fingerprint density at radius 3 is 1.97 bits per heavy atom. The number of hydrogen-bond acceptors (Lipinski definition) is 0. The number of rotatable bonds is 0. The van der Waals surface area contributed by atoms with Gasteiger partial charge in [-0.05, 0) is 69.5 Å². The van der Waals surface area contributed by atoms with E-state index in [-0.39, 0.29) is 5.41 Å². The molecule has 1 unspecified atom stereocenters. The van der Waals surface area contributed by atoms with E-state index in [2.05, 4.69) is 104 Å². The maximum atomic E-state index is 2.46. The second-order valence-corrected chi connectivity index (χ2v) is 9.31. The number of aryl methyl sites for hydroxylation is 2. The van der Waals surface area contributed by atoms with Crippen LogP contribution in [0.3, 0.4) is 0 Å². The van der Waals surface area contributed by atoms with Gasteiger partial charge in [0.15, 0.2) is 0 Å². The summed E-state index contributed by atoms with van der Waals surface area (Å²) in [6.45, 7) is 4.48. The third-order valence-corrected chi connectivity index (χ3v) is 7.57. The van der Waals surface area contributed by atoms with Crippen molar-refractivity contribution in [3.63, 3.8) is 0 Å². The molecule has 0 N–H and O–H groups in total. The summed E-state index contributed by atoms with van der Waals surface area (Å²) < 4.78 is 0. The molecule has 2 aliphatic carbocycles. The third-order valence-electron chi connectivity index (χ3n) is 7.57. The summed E-state index contributed by atoms with van der Waals surface area (Å²) in [5, 5.41) is 0. The summed E-state index contributed by atoms with van der Waals surface area (Å²) >= 11 is 0. The molecule has 3 heteroatoms. The minimum absolute atomic E-state index is 0.221. The second-order valence-electron chi connectivity index (χ2n) is 9.31. The lowest BCUT2D eigenvalue weighted by atomic mass is 9.68. The van der Waals surface area contributed by atoms with Gasteiger partial charge in [0.25, 0.3) is 0 Å². The highest BCUT2D eigenvalue weighted by atomic mass is 14.5. The Morgan fingerprint density at radius 2 is 1.13 bits per heavy atom. The molecule has 0 amide bonds. The first-order valence-electron chi connectivity index (χ1n) is 10.9. The zero-order valence-electron chi connectivity index (χ0n) is 18.4. The predicted octanol–water partition coefficient (Wildman–Crippen LogP) is 1.42. The zero-order chi connectivity index (χ0) is 20.8. The van der Waals surface area contributed by atoms with Gasteiger partial charge in [-0.15, -0.1) is 0 Å². The molecule has 2 aliphatic rings. The normalized spacial score (nSPS) is 17.5. The summed E-state index contributed by atoms with van der Waals surface area (Å²) in [5.74, 6) is 0. The van der Waals surface area contributed by atoms with Gasteiger partial charge in [0.05, 0.1) is 5.41 Å². The van der Waals surface area contributed by atoms with Crippen molar-refractivity contribution < 1.29 is 0 Å². The smallest absolute Gasteiger partial charge is 0.0948 e. The molecule has 4 aromatic rings. The fraction of sp³-hybridized carbons (Fsp3) is 0.111. The van der Waals surface area contributed by atoms with Gasteiger partial charge in [-0.25, -0.2) is 0 Å². The second kappa shape index (κ2) is 5.82. The molecule has 0 bridgehead atoms. The van der Waals surface area contributed by atoms with Gasteiger partial charge in [-0.1, -0.05) is 83.1 Å². The molecule has 1 atom stereocenters. The lowest BCUT2D eigenvalue weighted by Crippen LogP contribution is -2.31. The van der Waals surface area contributed by atoms with Gasteiger partial charge < -0.3 is 0 Å². The van der Waals surface area contributed by atoms with Crippen molar-refractivity contribution in [1.82, 2.24) is 0 Å². The molecule has 0 saturated heterocycles. The highest BCUT2D eigenvalue weighted by Crippen LogP contribution is 2.62. The minimum Gasteiger partial charge on any atom is -0.0948 e. The van der Waals surface area contributed by atoms with Crippen LogP contribution in [-0.4, -0.2) is 23.5 Å². The molecule has 0 nitrogen and oxygen atoms in total. The first-order valence-corrected chi connectivity index (χ1v) is 10.9. The maximum Gasteiger partial charge on any atom is 0.139 e. The van der Waals surface area contributed by atoms with Crippen LogP contribution in [0.4, 0.5) is 0 Å². The van der Waals surface area contributed by atoms with Crippen molar-refractivity contribution in [2.45, 2.75) is 19.3 Å². The van der Waals surface area contributed by atoms with Crippen LogP contribution >= 0.6 is 0 Å². The van der Waals surface area contributed by atoms with E-state index in [1.165, 1.54) is 72.0 Å². The average Bonchev–Trinajstić information content (AvgIpc) is 3.15. The monoisotopic (exact) mass is 380 g/mol.